The van der Waals surface area contributed by atoms with Crippen molar-refractivity contribution < 1.29 is 41.1 Å². The molecular weight excluding hydrogens is 445 g/mol. The lowest BCUT2D eigenvalue weighted by molar-refractivity contribution is -0.384. The van der Waals surface area contributed by atoms with E-state index in [0.717, 1.165) is 36.4 Å². The van der Waals surface area contributed by atoms with Crippen LogP contribution in [0.2, 0.25) is 0 Å². The van der Waals surface area contributed by atoms with Gasteiger partial charge >= 0.3 is 6.36 Å². The molecule has 0 aliphatic carbocycles. The first-order valence-corrected chi connectivity index (χ1v) is 10.2. The van der Waals surface area contributed by atoms with Gasteiger partial charge in [-0.1, -0.05) is 0 Å². The Kier molecular flexibility index (Phi) is 5.63. The molecule has 0 saturated carbocycles. The average Bonchev–Trinajstić information content (AvgIpc) is 2.64. The number of halogens is 3. The van der Waals surface area contributed by atoms with E-state index in [2.05, 4.69) is 9.46 Å². The van der Waals surface area contributed by atoms with Gasteiger partial charge in [0.25, 0.3) is 5.69 Å². The van der Waals surface area contributed by atoms with Crippen LogP contribution >= 0.6 is 0 Å². The maximum Gasteiger partial charge on any atom is 0.573 e. The summed E-state index contributed by atoms with van der Waals surface area (Å²) in [7, 11) is -4.33. The molecule has 168 valence electrons. The standard InChI is InChI=1S/C18H17F3N2O7S/c1-17(2)16(24)15(13-9-11(29-18(19,20)21)5-8-14(13)30-17)22-31(27,28)12-6-3-10(4-7-12)23(25)26/h3-9,15-16,22,24H,1-2H3/t15-,16+/m1/s1. The Bertz CT molecular complexity index is 1100. The molecule has 1 aliphatic heterocycles. The normalized spacial score (nSPS) is 20.5. The topological polar surface area (TPSA) is 128 Å². The number of nitro benzene ring substituents is 1. The number of aliphatic hydroxyl groups excluding tert-OH is 1. The van der Waals surface area contributed by atoms with Gasteiger partial charge in [0.2, 0.25) is 10.0 Å². The Hall–Kier alpha value is -2.90. The highest BCUT2D eigenvalue weighted by Gasteiger charge is 2.45. The highest BCUT2D eigenvalue weighted by molar-refractivity contribution is 7.89. The first kappa shape index (κ1) is 22.8. The molecule has 2 N–H and O–H groups in total. The van der Waals surface area contributed by atoms with E-state index in [1.807, 2.05) is 0 Å². The van der Waals surface area contributed by atoms with Crippen molar-refractivity contribution in [1.29, 1.82) is 0 Å². The lowest BCUT2D eigenvalue weighted by Gasteiger charge is -2.42. The van der Waals surface area contributed by atoms with Gasteiger partial charge in [0.05, 0.1) is 15.9 Å². The summed E-state index contributed by atoms with van der Waals surface area (Å²) in [5.41, 5.74) is -1.69. The molecule has 0 spiro atoms. The highest BCUT2D eigenvalue weighted by atomic mass is 32.2. The summed E-state index contributed by atoms with van der Waals surface area (Å²) in [5, 5.41) is 21.5. The monoisotopic (exact) mass is 462 g/mol. The number of fused-ring (bicyclic) bond motifs is 1. The van der Waals surface area contributed by atoms with Crippen molar-refractivity contribution in [3.8, 4) is 11.5 Å². The number of nitro groups is 1. The van der Waals surface area contributed by atoms with Crippen LogP contribution in [0.25, 0.3) is 0 Å². The van der Waals surface area contributed by atoms with E-state index in [1.165, 1.54) is 19.9 Å². The highest BCUT2D eigenvalue weighted by Crippen LogP contribution is 2.42. The van der Waals surface area contributed by atoms with Crippen molar-refractivity contribution in [2.45, 2.75) is 42.9 Å². The molecule has 2 atom stereocenters. The molecule has 31 heavy (non-hydrogen) atoms. The number of nitrogens with one attached hydrogen (secondary N) is 1. The van der Waals surface area contributed by atoms with Crippen LogP contribution in [0.5, 0.6) is 11.5 Å². The van der Waals surface area contributed by atoms with Crippen molar-refractivity contribution in [1.82, 2.24) is 4.72 Å². The molecule has 0 saturated heterocycles. The quantitative estimate of drug-likeness (QED) is 0.516. The fraction of sp³-hybridized carbons (Fsp3) is 0.333. The molecule has 0 unspecified atom stereocenters. The van der Waals surface area contributed by atoms with Crippen LogP contribution in [0.15, 0.2) is 47.4 Å². The van der Waals surface area contributed by atoms with E-state index in [1.54, 1.807) is 0 Å². The molecule has 13 heteroatoms. The maximum atomic E-state index is 12.8. The number of ether oxygens (including phenoxy) is 2. The third kappa shape index (κ3) is 4.89. The van der Waals surface area contributed by atoms with Gasteiger partial charge in [-0.15, -0.1) is 13.2 Å². The summed E-state index contributed by atoms with van der Waals surface area (Å²) in [5.74, 6) is -0.567. The summed E-state index contributed by atoms with van der Waals surface area (Å²) in [4.78, 5) is 9.73. The minimum Gasteiger partial charge on any atom is -0.485 e. The number of alkyl halides is 3. The van der Waals surface area contributed by atoms with Gasteiger partial charge in [0.1, 0.15) is 23.2 Å². The summed E-state index contributed by atoms with van der Waals surface area (Å²) in [6.07, 6.45) is -6.47. The Morgan fingerprint density at radius 2 is 1.81 bits per heavy atom. The van der Waals surface area contributed by atoms with Crippen molar-refractivity contribution in [3.05, 3.63) is 58.1 Å². The molecule has 0 bridgehead atoms. The molecule has 1 aliphatic rings. The molecule has 0 radical (unpaired) electrons. The molecule has 3 rings (SSSR count). The molecule has 0 fully saturated rings. The second-order valence-corrected chi connectivity index (χ2v) is 8.96. The van der Waals surface area contributed by atoms with Crippen molar-refractivity contribution in [2.75, 3.05) is 0 Å². The predicted molar refractivity (Wildman–Crippen MR) is 100.0 cm³/mol. The zero-order valence-electron chi connectivity index (χ0n) is 16.1. The third-order valence-corrected chi connectivity index (χ3v) is 6.05. The largest absolute Gasteiger partial charge is 0.573 e. The molecular formula is C18H17F3N2O7S. The van der Waals surface area contributed by atoms with Gasteiger partial charge in [-0.25, -0.2) is 13.1 Å². The zero-order valence-corrected chi connectivity index (χ0v) is 16.9. The van der Waals surface area contributed by atoms with Gasteiger partial charge in [-0.05, 0) is 44.2 Å². The SMILES string of the molecule is CC1(C)Oc2ccc(OC(F)(F)F)cc2[C@@H](NS(=O)(=O)c2ccc([N+](=O)[O-])cc2)[C@@H]1O. The number of aliphatic hydroxyl groups is 1. The Morgan fingerprint density at radius 3 is 2.35 bits per heavy atom. The number of rotatable bonds is 5. The van der Waals surface area contributed by atoms with Crippen molar-refractivity contribution in [3.63, 3.8) is 0 Å². The number of non-ortho nitro benzene ring substituents is 1. The van der Waals surface area contributed by atoms with Gasteiger partial charge < -0.3 is 14.6 Å². The summed E-state index contributed by atoms with van der Waals surface area (Å²) in [6.45, 7) is 2.96. The van der Waals surface area contributed by atoms with Crippen LogP contribution in [-0.4, -0.2) is 36.5 Å². The molecule has 0 amide bonds. The number of sulfonamides is 1. The summed E-state index contributed by atoms with van der Waals surface area (Å²) >= 11 is 0. The second-order valence-electron chi connectivity index (χ2n) is 7.25. The smallest absolute Gasteiger partial charge is 0.485 e. The fourth-order valence-electron chi connectivity index (χ4n) is 3.09. The van der Waals surface area contributed by atoms with E-state index in [-0.39, 0.29) is 21.9 Å². The van der Waals surface area contributed by atoms with Crippen molar-refractivity contribution in [2.24, 2.45) is 0 Å². The lowest BCUT2D eigenvalue weighted by Crippen LogP contribution is -2.53. The number of nitrogens with zero attached hydrogens (tertiary/aromatic N) is 1. The van der Waals surface area contributed by atoms with Gasteiger partial charge in [0, 0.05) is 17.7 Å². The van der Waals surface area contributed by atoms with Gasteiger partial charge in [-0.3, -0.25) is 10.1 Å². The zero-order chi connectivity index (χ0) is 23.2. The van der Waals surface area contributed by atoms with E-state index in [4.69, 9.17) is 4.74 Å². The fourth-order valence-corrected chi connectivity index (χ4v) is 4.31. The second kappa shape index (κ2) is 7.66. The Balaban J connectivity index is 2.00. The van der Waals surface area contributed by atoms with Crippen LogP contribution < -0.4 is 14.2 Å². The molecule has 0 aromatic heterocycles. The minimum absolute atomic E-state index is 0.0567. The maximum absolute atomic E-state index is 12.8. The van der Waals surface area contributed by atoms with Crippen LogP contribution in [-0.2, 0) is 10.0 Å². The average molecular weight is 462 g/mol. The number of hydrogen-bond acceptors (Lipinski definition) is 7. The van der Waals surface area contributed by atoms with Crippen LogP contribution in [0.4, 0.5) is 18.9 Å². The molecule has 2 aromatic rings. The van der Waals surface area contributed by atoms with Gasteiger partial charge in [0.15, 0.2) is 0 Å². The van der Waals surface area contributed by atoms with Crippen molar-refractivity contribution >= 4 is 15.7 Å². The van der Waals surface area contributed by atoms with E-state index in [9.17, 15) is 36.8 Å². The lowest BCUT2D eigenvalue weighted by atomic mass is 9.87. The van der Waals surface area contributed by atoms with Crippen LogP contribution in [0.1, 0.15) is 25.5 Å². The number of benzene rings is 2. The predicted octanol–water partition coefficient (Wildman–Crippen LogP) is 3.04. The third-order valence-electron chi connectivity index (χ3n) is 4.59. The summed E-state index contributed by atoms with van der Waals surface area (Å²) in [6, 6.07) is 5.69. The molecule has 2 aromatic carbocycles. The van der Waals surface area contributed by atoms with E-state index in [0.29, 0.717) is 0 Å². The van der Waals surface area contributed by atoms with E-state index < -0.39 is 44.8 Å². The first-order valence-electron chi connectivity index (χ1n) is 8.73. The Labute approximate surface area is 174 Å². The first-order chi connectivity index (χ1) is 14.2. The molecule has 9 nitrogen and oxygen atoms in total. The van der Waals surface area contributed by atoms with Crippen LogP contribution in [0, 0.1) is 10.1 Å². The van der Waals surface area contributed by atoms with E-state index >= 15 is 0 Å². The Morgan fingerprint density at radius 1 is 1.19 bits per heavy atom. The number of hydrogen-bond donors (Lipinski definition) is 2. The van der Waals surface area contributed by atoms with Crippen LogP contribution in [0.3, 0.4) is 0 Å². The van der Waals surface area contributed by atoms with Gasteiger partial charge in [-0.2, -0.15) is 0 Å². The minimum atomic E-state index is -4.98. The summed E-state index contributed by atoms with van der Waals surface area (Å²) < 4.78 is 75.1. The molecule has 1 heterocycles.